The summed E-state index contributed by atoms with van der Waals surface area (Å²) in [7, 11) is 0. The van der Waals surface area contributed by atoms with Crippen molar-refractivity contribution < 1.29 is 14.7 Å². The van der Waals surface area contributed by atoms with Crippen molar-refractivity contribution in [2.45, 2.75) is 52.4 Å². The number of carboxylic acid groups (broad SMARTS) is 1. The molecule has 1 atom stereocenters. The molecule has 0 aliphatic heterocycles. The van der Waals surface area contributed by atoms with Crippen LogP contribution in [0.15, 0.2) is 0 Å². The Hall–Kier alpha value is -1.06. The molecule has 0 rings (SSSR count). The fraction of sp³-hybridized carbons (Fsp3) is 0.818. The quantitative estimate of drug-likeness (QED) is 0.506. The third-order valence-electron chi connectivity index (χ3n) is 2.28. The van der Waals surface area contributed by atoms with E-state index >= 15 is 0 Å². The highest BCUT2D eigenvalue weighted by molar-refractivity contribution is 5.73. The molecule has 0 aliphatic rings. The van der Waals surface area contributed by atoms with Crippen LogP contribution in [0, 0.1) is 5.92 Å². The molecule has 3 N–H and O–H groups in total. The van der Waals surface area contributed by atoms with Gasteiger partial charge in [-0.25, -0.2) is 0 Å². The SMILES string of the molecule is CCCCCC(CC)CC(N)=O.O=CO. The monoisotopic (exact) mass is 217 g/mol. The maximum Gasteiger partial charge on any atom is 0.290 e. The van der Waals surface area contributed by atoms with Crippen molar-refractivity contribution in [3.63, 3.8) is 0 Å². The predicted molar refractivity (Wildman–Crippen MR) is 60.4 cm³/mol. The van der Waals surface area contributed by atoms with Crippen LogP contribution in [0.25, 0.3) is 0 Å². The van der Waals surface area contributed by atoms with Crippen LogP contribution in [0.4, 0.5) is 0 Å². The second-order valence-corrected chi connectivity index (χ2v) is 3.55. The summed E-state index contributed by atoms with van der Waals surface area (Å²) in [6.45, 7) is 4.06. The van der Waals surface area contributed by atoms with Crippen molar-refractivity contribution in [1.82, 2.24) is 0 Å². The van der Waals surface area contributed by atoms with Crippen molar-refractivity contribution in [2.75, 3.05) is 0 Å². The van der Waals surface area contributed by atoms with Gasteiger partial charge in [-0.3, -0.25) is 9.59 Å². The third kappa shape index (κ3) is 15.7. The second-order valence-electron chi connectivity index (χ2n) is 3.55. The van der Waals surface area contributed by atoms with E-state index in [1.807, 2.05) is 0 Å². The van der Waals surface area contributed by atoms with Crippen LogP contribution >= 0.6 is 0 Å². The molecule has 0 saturated heterocycles. The van der Waals surface area contributed by atoms with E-state index in [0.717, 1.165) is 12.8 Å². The highest BCUT2D eigenvalue weighted by Crippen LogP contribution is 2.16. The van der Waals surface area contributed by atoms with Crippen LogP contribution < -0.4 is 5.73 Å². The van der Waals surface area contributed by atoms with Crippen molar-refractivity contribution in [1.29, 1.82) is 0 Å². The Labute approximate surface area is 91.9 Å². The number of primary amides is 1. The zero-order valence-electron chi connectivity index (χ0n) is 9.74. The maximum atomic E-state index is 10.6. The van der Waals surface area contributed by atoms with E-state index in [2.05, 4.69) is 13.8 Å². The highest BCUT2D eigenvalue weighted by atomic mass is 16.3. The molecule has 0 aromatic heterocycles. The molecule has 0 aliphatic carbocycles. The van der Waals surface area contributed by atoms with E-state index < -0.39 is 0 Å². The molecule has 0 fully saturated rings. The van der Waals surface area contributed by atoms with Crippen LogP contribution in [-0.2, 0) is 9.59 Å². The standard InChI is InChI=1S/C10H21NO.CH2O2/c1-3-5-6-7-9(4-2)8-10(11)12;2-1-3/h9H,3-8H2,1-2H3,(H2,11,12);1H,(H,2,3). The lowest BCUT2D eigenvalue weighted by Crippen LogP contribution is -2.15. The molecule has 0 spiro atoms. The average molecular weight is 217 g/mol. The van der Waals surface area contributed by atoms with Gasteiger partial charge in [-0.05, 0) is 12.3 Å². The summed E-state index contributed by atoms with van der Waals surface area (Å²) in [5.74, 6) is 0.368. The number of carbonyl (C=O) groups is 2. The van der Waals surface area contributed by atoms with Crippen LogP contribution in [0.5, 0.6) is 0 Å². The number of rotatable bonds is 7. The van der Waals surface area contributed by atoms with Crippen molar-refractivity contribution >= 4 is 12.4 Å². The van der Waals surface area contributed by atoms with Gasteiger partial charge in [0.25, 0.3) is 6.47 Å². The van der Waals surface area contributed by atoms with Crippen molar-refractivity contribution in [3.05, 3.63) is 0 Å². The minimum absolute atomic E-state index is 0.154. The van der Waals surface area contributed by atoms with Gasteiger partial charge < -0.3 is 10.8 Å². The van der Waals surface area contributed by atoms with Crippen molar-refractivity contribution in [3.8, 4) is 0 Å². The number of nitrogens with two attached hydrogens (primary N) is 1. The molecule has 0 heterocycles. The third-order valence-corrected chi connectivity index (χ3v) is 2.28. The van der Waals surface area contributed by atoms with Crippen molar-refractivity contribution in [2.24, 2.45) is 11.7 Å². The first-order valence-corrected chi connectivity index (χ1v) is 5.48. The zero-order chi connectivity index (χ0) is 12.1. The van der Waals surface area contributed by atoms with E-state index in [4.69, 9.17) is 15.6 Å². The molecular weight excluding hydrogens is 194 g/mol. The summed E-state index contributed by atoms with van der Waals surface area (Å²) in [5.41, 5.74) is 5.13. The van der Waals surface area contributed by atoms with Crippen LogP contribution in [-0.4, -0.2) is 17.5 Å². The predicted octanol–water partition coefficient (Wildman–Crippen LogP) is 2.17. The Morgan fingerprint density at radius 3 is 2.27 bits per heavy atom. The minimum Gasteiger partial charge on any atom is -0.483 e. The smallest absolute Gasteiger partial charge is 0.290 e. The Balaban J connectivity index is 0. The summed E-state index contributed by atoms with van der Waals surface area (Å²) in [6.07, 6.45) is 6.56. The van der Waals surface area contributed by atoms with Gasteiger partial charge in [0.1, 0.15) is 0 Å². The summed E-state index contributed by atoms with van der Waals surface area (Å²) in [6, 6.07) is 0. The number of hydrogen-bond acceptors (Lipinski definition) is 2. The molecule has 15 heavy (non-hydrogen) atoms. The molecule has 0 aromatic rings. The Kier molecular flexibility index (Phi) is 14.1. The first-order valence-electron chi connectivity index (χ1n) is 5.48. The molecule has 0 saturated carbocycles. The van der Waals surface area contributed by atoms with E-state index in [0.29, 0.717) is 12.3 Å². The summed E-state index contributed by atoms with van der Waals surface area (Å²) >= 11 is 0. The normalized spacial score (nSPS) is 11.1. The molecule has 1 unspecified atom stereocenters. The fourth-order valence-corrected chi connectivity index (χ4v) is 1.42. The second kappa shape index (κ2) is 12.9. The molecule has 0 radical (unpaired) electrons. The van der Waals surface area contributed by atoms with Gasteiger partial charge in [0.15, 0.2) is 0 Å². The average Bonchev–Trinajstić information content (AvgIpc) is 2.17. The highest BCUT2D eigenvalue weighted by Gasteiger charge is 2.08. The van der Waals surface area contributed by atoms with Gasteiger partial charge in [-0.2, -0.15) is 0 Å². The van der Waals surface area contributed by atoms with Gasteiger partial charge in [0.2, 0.25) is 5.91 Å². The summed E-state index contributed by atoms with van der Waals surface area (Å²) in [5, 5.41) is 6.89. The zero-order valence-corrected chi connectivity index (χ0v) is 9.74. The Bertz CT molecular complexity index is 160. The minimum atomic E-state index is -0.250. The van der Waals surface area contributed by atoms with E-state index in [9.17, 15) is 4.79 Å². The number of amides is 1. The van der Waals surface area contributed by atoms with E-state index in [1.54, 1.807) is 0 Å². The van der Waals surface area contributed by atoms with Gasteiger partial charge in [0.05, 0.1) is 0 Å². The molecular formula is C11H23NO3. The molecule has 1 amide bonds. The van der Waals surface area contributed by atoms with Gasteiger partial charge in [0, 0.05) is 6.42 Å². The lowest BCUT2D eigenvalue weighted by Gasteiger charge is -2.11. The van der Waals surface area contributed by atoms with Gasteiger partial charge >= 0.3 is 0 Å². The first-order chi connectivity index (χ1) is 7.12. The number of hydrogen-bond donors (Lipinski definition) is 2. The summed E-state index contributed by atoms with van der Waals surface area (Å²) < 4.78 is 0. The number of carbonyl (C=O) groups excluding carboxylic acids is 1. The fourth-order valence-electron chi connectivity index (χ4n) is 1.42. The topological polar surface area (TPSA) is 80.4 Å². The van der Waals surface area contributed by atoms with Crippen LogP contribution in [0.2, 0.25) is 0 Å². The van der Waals surface area contributed by atoms with Crippen LogP contribution in [0.3, 0.4) is 0 Å². The van der Waals surface area contributed by atoms with E-state index in [1.165, 1.54) is 19.3 Å². The van der Waals surface area contributed by atoms with Gasteiger partial charge in [-0.1, -0.05) is 39.5 Å². The maximum absolute atomic E-state index is 10.6. The lowest BCUT2D eigenvalue weighted by molar-refractivity contribution is -0.123. The number of unbranched alkanes of at least 4 members (excludes halogenated alkanes) is 2. The summed E-state index contributed by atoms with van der Waals surface area (Å²) in [4.78, 5) is 19.0. The Morgan fingerprint density at radius 2 is 1.93 bits per heavy atom. The molecule has 4 heteroatoms. The molecule has 90 valence electrons. The van der Waals surface area contributed by atoms with Crippen LogP contribution in [0.1, 0.15) is 52.4 Å². The largest absolute Gasteiger partial charge is 0.483 e. The molecule has 4 nitrogen and oxygen atoms in total. The Morgan fingerprint density at radius 1 is 1.40 bits per heavy atom. The lowest BCUT2D eigenvalue weighted by atomic mass is 9.95. The molecule has 0 aromatic carbocycles. The molecule has 0 bridgehead atoms. The first kappa shape index (κ1) is 16.4. The van der Waals surface area contributed by atoms with E-state index in [-0.39, 0.29) is 12.4 Å². The van der Waals surface area contributed by atoms with Gasteiger partial charge in [-0.15, -0.1) is 0 Å².